The maximum Gasteiger partial charge on any atom is 0.414 e. The van der Waals surface area contributed by atoms with Gasteiger partial charge in [0.2, 0.25) is 0 Å². The molecule has 0 fully saturated rings. The summed E-state index contributed by atoms with van der Waals surface area (Å²) in [6, 6.07) is 1.86. The zero-order valence-electron chi connectivity index (χ0n) is 12.7. The molecule has 7 heteroatoms. The Morgan fingerprint density at radius 3 is 2.91 bits per heavy atom. The van der Waals surface area contributed by atoms with Gasteiger partial charge in [0.15, 0.2) is 0 Å². The second-order valence-electron chi connectivity index (χ2n) is 4.84. The number of imidazole rings is 1. The average molecular weight is 414 g/mol. The Morgan fingerprint density at radius 1 is 1.45 bits per heavy atom. The maximum absolute atomic E-state index is 12.4. The minimum atomic E-state index is -0.373. The van der Waals surface area contributed by atoms with E-state index >= 15 is 0 Å². The number of pyridine rings is 1. The number of unbranched alkanes of at least 4 members (excludes halogenated alkanes) is 1. The molecule has 1 amide bonds. The normalized spacial score (nSPS) is 10.5. The van der Waals surface area contributed by atoms with Crippen LogP contribution in [0.3, 0.4) is 0 Å². The summed E-state index contributed by atoms with van der Waals surface area (Å²) in [6.45, 7) is 2.82. The number of halogens is 1. The first-order valence-electron chi connectivity index (χ1n) is 7.13. The zero-order chi connectivity index (χ0) is 15.9. The quantitative estimate of drug-likeness (QED) is 0.537. The van der Waals surface area contributed by atoms with Gasteiger partial charge in [0.1, 0.15) is 5.82 Å². The van der Waals surface area contributed by atoms with E-state index in [-0.39, 0.29) is 6.09 Å². The van der Waals surface area contributed by atoms with Crippen molar-refractivity contribution in [1.29, 1.82) is 0 Å². The summed E-state index contributed by atoms with van der Waals surface area (Å²) in [7, 11) is 1.90. The molecule has 2 rings (SSSR count). The molecule has 0 aromatic carbocycles. The molecule has 2 aromatic heterocycles. The molecule has 22 heavy (non-hydrogen) atoms. The Balaban J connectivity index is 2.22. The highest BCUT2D eigenvalue weighted by Crippen LogP contribution is 2.23. The van der Waals surface area contributed by atoms with Gasteiger partial charge >= 0.3 is 6.09 Å². The molecule has 0 bridgehead atoms. The number of hydrogen-bond acceptors (Lipinski definition) is 4. The molecule has 6 nitrogen and oxygen atoms in total. The van der Waals surface area contributed by atoms with Crippen LogP contribution in [0.1, 0.15) is 25.6 Å². The second-order valence-corrected chi connectivity index (χ2v) is 6.00. The van der Waals surface area contributed by atoms with Crippen LogP contribution in [0.25, 0.3) is 0 Å². The molecule has 118 valence electrons. The standard InChI is InChI=1S/C15H19IN4O2/c1-3-4-9-22-15(21)20(11-14-18-7-8-19(14)2)13-10-17-6-5-12(13)16/h5-8,10H,3-4,9,11H2,1-2H3. The molecule has 0 unspecified atom stereocenters. The number of carbonyl (C=O) groups excluding carboxylic acids is 1. The molecule has 0 N–H and O–H groups in total. The van der Waals surface area contributed by atoms with Crippen LogP contribution in [-0.4, -0.2) is 27.2 Å². The van der Waals surface area contributed by atoms with E-state index in [1.54, 1.807) is 23.5 Å². The first-order valence-corrected chi connectivity index (χ1v) is 8.21. The molecule has 0 spiro atoms. The van der Waals surface area contributed by atoms with Crippen LogP contribution in [-0.2, 0) is 18.3 Å². The smallest absolute Gasteiger partial charge is 0.414 e. The number of carbonyl (C=O) groups is 1. The van der Waals surface area contributed by atoms with Gasteiger partial charge in [-0.15, -0.1) is 0 Å². The highest BCUT2D eigenvalue weighted by molar-refractivity contribution is 14.1. The molecule has 2 aromatic rings. The van der Waals surface area contributed by atoms with E-state index in [0.717, 1.165) is 27.9 Å². The number of hydrogen-bond donors (Lipinski definition) is 0. The molecule has 0 aliphatic carbocycles. The summed E-state index contributed by atoms with van der Waals surface area (Å²) < 4.78 is 8.19. The SMILES string of the molecule is CCCCOC(=O)N(Cc1nccn1C)c1cnccc1I. The second kappa shape index (κ2) is 8.11. The van der Waals surface area contributed by atoms with Gasteiger partial charge < -0.3 is 9.30 Å². The highest BCUT2D eigenvalue weighted by atomic mass is 127. The van der Waals surface area contributed by atoms with Gasteiger partial charge in [0.05, 0.1) is 25.0 Å². The van der Waals surface area contributed by atoms with Gasteiger partial charge in [0.25, 0.3) is 0 Å². The third-order valence-corrected chi connectivity index (χ3v) is 4.12. The third kappa shape index (κ3) is 4.19. The van der Waals surface area contributed by atoms with Crippen molar-refractivity contribution < 1.29 is 9.53 Å². The van der Waals surface area contributed by atoms with Gasteiger partial charge in [0, 0.05) is 29.2 Å². The first-order chi connectivity index (χ1) is 10.6. The maximum atomic E-state index is 12.4. The fourth-order valence-electron chi connectivity index (χ4n) is 1.89. The summed E-state index contributed by atoms with van der Waals surface area (Å²) in [6.07, 6.45) is 8.40. The molecule has 0 aliphatic rings. The van der Waals surface area contributed by atoms with Gasteiger partial charge in [-0.1, -0.05) is 13.3 Å². The number of aromatic nitrogens is 3. The van der Waals surface area contributed by atoms with Crippen LogP contribution in [0, 0.1) is 3.57 Å². The van der Waals surface area contributed by atoms with Crippen LogP contribution >= 0.6 is 22.6 Å². The van der Waals surface area contributed by atoms with E-state index in [1.807, 2.05) is 23.9 Å². The fraction of sp³-hybridized carbons (Fsp3) is 0.400. The fourth-order valence-corrected chi connectivity index (χ4v) is 2.48. The third-order valence-electron chi connectivity index (χ3n) is 3.20. The minimum absolute atomic E-state index is 0.343. The number of aryl methyl sites for hydroxylation is 1. The number of nitrogens with zero attached hydrogens (tertiary/aromatic N) is 4. The molecule has 0 saturated carbocycles. The van der Waals surface area contributed by atoms with Crippen molar-refractivity contribution in [1.82, 2.24) is 14.5 Å². The number of anilines is 1. The van der Waals surface area contributed by atoms with E-state index in [4.69, 9.17) is 4.74 Å². The number of rotatable bonds is 6. The zero-order valence-corrected chi connectivity index (χ0v) is 14.9. The van der Waals surface area contributed by atoms with Gasteiger partial charge in [-0.3, -0.25) is 9.88 Å². The van der Waals surface area contributed by atoms with Crippen molar-refractivity contribution in [3.63, 3.8) is 0 Å². The van der Waals surface area contributed by atoms with Crippen molar-refractivity contribution in [3.8, 4) is 0 Å². The van der Waals surface area contributed by atoms with Crippen LogP contribution in [0.4, 0.5) is 10.5 Å². The van der Waals surface area contributed by atoms with Crippen molar-refractivity contribution in [2.75, 3.05) is 11.5 Å². The monoisotopic (exact) mass is 414 g/mol. The first kappa shape index (κ1) is 16.7. The van der Waals surface area contributed by atoms with Crippen molar-refractivity contribution in [2.24, 2.45) is 7.05 Å². The van der Waals surface area contributed by atoms with Gasteiger partial charge in [-0.05, 0) is 35.1 Å². The molecular weight excluding hydrogens is 395 g/mol. The van der Waals surface area contributed by atoms with E-state index in [2.05, 4.69) is 39.5 Å². The Labute approximate surface area is 143 Å². The lowest BCUT2D eigenvalue weighted by molar-refractivity contribution is 0.151. The Morgan fingerprint density at radius 2 is 2.27 bits per heavy atom. The van der Waals surface area contributed by atoms with Crippen LogP contribution in [0.5, 0.6) is 0 Å². The summed E-state index contributed by atoms with van der Waals surface area (Å²) >= 11 is 2.19. The van der Waals surface area contributed by atoms with Crippen LogP contribution in [0.2, 0.25) is 0 Å². The van der Waals surface area contributed by atoms with Crippen molar-refractivity contribution >= 4 is 34.4 Å². The Bertz CT molecular complexity index is 630. The summed E-state index contributed by atoms with van der Waals surface area (Å²) in [4.78, 5) is 22.4. The lowest BCUT2D eigenvalue weighted by atomic mass is 10.3. The van der Waals surface area contributed by atoms with Crippen LogP contribution in [0.15, 0.2) is 30.9 Å². The number of ether oxygens (including phenoxy) is 1. The summed E-state index contributed by atoms with van der Waals surface area (Å²) in [5.41, 5.74) is 0.729. The summed E-state index contributed by atoms with van der Waals surface area (Å²) in [5.74, 6) is 0.784. The topological polar surface area (TPSA) is 60.2 Å². The largest absolute Gasteiger partial charge is 0.449 e. The lowest BCUT2D eigenvalue weighted by Crippen LogP contribution is -2.33. The van der Waals surface area contributed by atoms with Crippen LogP contribution < -0.4 is 4.90 Å². The van der Waals surface area contributed by atoms with E-state index in [1.165, 1.54) is 0 Å². The van der Waals surface area contributed by atoms with Crippen molar-refractivity contribution in [2.45, 2.75) is 26.3 Å². The molecular formula is C15H19IN4O2. The van der Waals surface area contributed by atoms with E-state index in [9.17, 15) is 4.79 Å². The van der Waals surface area contributed by atoms with E-state index < -0.39 is 0 Å². The lowest BCUT2D eigenvalue weighted by Gasteiger charge is -2.22. The van der Waals surface area contributed by atoms with Crippen molar-refractivity contribution in [3.05, 3.63) is 40.2 Å². The molecule has 0 radical (unpaired) electrons. The van der Waals surface area contributed by atoms with E-state index in [0.29, 0.717) is 13.2 Å². The highest BCUT2D eigenvalue weighted by Gasteiger charge is 2.21. The number of amides is 1. The predicted molar refractivity (Wildman–Crippen MR) is 92.6 cm³/mol. The van der Waals surface area contributed by atoms with Gasteiger partial charge in [-0.25, -0.2) is 9.78 Å². The molecule has 2 heterocycles. The Hall–Kier alpha value is -1.64. The summed E-state index contributed by atoms with van der Waals surface area (Å²) in [5, 5.41) is 0. The molecule has 0 atom stereocenters. The molecule has 0 saturated heterocycles. The average Bonchev–Trinajstić information content (AvgIpc) is 2.91. The predicted octanol–water partition coefficient (Wildman–Crippen LogP) is 3.36. The van der Waals surface area contributed by atoms with Gasteiger partial charge in [-0.2, -0.15) is 0 Å². The molecule has 0 aliphatic heterocycles. The minimum Gasteiger partial charge on any atom is -0.449 e. The Kier molecular flexibility index (Phi) is 6.17.